The summed E-state index contributed by atoms with van der Waals surface area (Å²) in [6.45, 7) is 4.91. The second-order valence-corrected chi connectivity index (χ2v) is 8.69. The molecule has 36 heavy (non-hydrogen) atoms. The Balaban J connectivity index is 2.94. The molecule has 15 nitrogen and oxygen atoms in total. The second kappa shape index (κ2) is 14.6. The highest BCUT2D eigenvalue weighted by atomic mass is 16.4. The van der Waals surface area contributed by atoms with Crippen molar-refractivity contribution in [3.05, 3.63) is 18.2 Å². The van der Waals surface area contributed by atoms with Crippen molar-refractivity contribution in [3.63, 3.8) is 0 Å². The van der Waals surface area contributed by atoms with E-state index >= 15 is 0 Å². The summed E-state index contributed by atoms with van der Waals surface area (Å²) in [5.41, 5.74) is 16.9. The van der Waals surface area contributed by atoms with Crippen LogP contribution in [0.15, 0.2) is 17.5 Å². The van der Waals surface area contributed by atoms with Gasteiger partial charge in [-0.25, -0.2) is 9.78 Å². The lowest BCUT2D eigenvalue weighted by molar-refractivity contribution is -0.145. The molecule has 0 aliphatic rings. The average Bonchev–Trinajstić information content (AvgIpc) is 3.29. The number of nitrogens with two attached hydrogens (primary N) is 3. The number of amides is 3. The zero-order valence-corrected chi connectivity index (χ0v) is 20.6. The van der Waals surface area contributed by atoms with Gasteiger partial charge in [0.05, 0.1) is 18.5 Å². The van der Waals surface area contributed by atoms with Gasteiger partial charge in [0.1, 0.15) is 12.1 Å². The van der Waals surface area contributed by atoms with E-state index in [4.69, 9.17) is 17.2 Å². The van der Waals surface area contributed by atoms with E-state index in [0.29, 0.717) is 18.7 Å². The van der Waals surface area contributed by atoms with Crippen molar-refractivity contribution < 1.29 is 29.4 Å². The smallest absolute Gasteiger partial charge is 0.328 e. The van der Waals surface area contributed by atoms with Crippen molar-refractivity contribution in [1.29, 1.82) is 0 Å². The van der Waals surface area contributed by atoms with E-state index in [9.17, 15) is 29.4 Å². The van der Waals surface area contributed by atoms with Crippen LogP contribution in [-0.2, 0) is 25.6 Å². The lowest BCUT2D eigenvalue weighted by atomic mass is 10.0. The number of aliphatic carboxylic acids is 1. The number of carboxylic acid groups (broad SMARTS) is 1. The number of carbonyl (C=O) groups excluding carboxylic acids is 3. The zero-order chi connectivity index (χ0) is 27.4. The molecule has 5 atom stereocenters. The van der Waals surface area contributed by atoms with Gasteiger partial charge in [0, 0.05) is 24.9 Å². The first-order valence-electron chi connectivity index (χ1n) is 11.4. The third-order valence-electron chi connectivity index (χ3n) is 5.21. The van der Waals surface area contributed by atoms with Crippen molar-refractivity contribution in [2.24, 2.45) is 28.1 Å². The quantitative estimate of drug-likeness (QED) is 0.0650. The van der Waals surface area contributed by atoms with Crippen molar-refractivity contribution in [3.8, 4) is 0 Å². The number of hydrogen-bond donors (Lipinski definition) is 9. The van der Waals surface area contributed by atoms with Gasteiger partial charge >= 0.3 is 5.97 Å². The molecule has 0 aliphatic heterocycles. The summed E-state index contributed by atoms with van der Waals surface area (Å²) in [5, 5.41) is 26.3. The molecule has 0 bridgehead atoms. The van der Waals surface area contributed by atoms with Crippen LogP contribution in [0.1, 0.15) is 39.3 Å². The van der Waals surface area contributed by atoms with Crippen LogP contribution in [0.2, 0.25) is 0 Å². The molecular weight excluding hydrogens is 474 g/mol. The number of hydrogen-bond acceptors (Lipinski definition) is 8. The normalized spacial score (nSPS) is 15.2. The Morgan fingerprint density at radius 3 is 2.19 bits per heavy atom. The molecule has 1 aromatic rings. The summed E-state index contributed by atoms with van der Waals surface area (Å²) >= 11 is 0. The summed E-state index contributed by atoms with van der Waals surface area (Å²) < 4.78 is 0. The molecule has 1 rings (SSSR count). The van der Waals surface area contributed by atoms with Gasteiger partial charge in [-0.3, -0.25) is 19.4 Å². The Hall–Kier alpha value is -3.72. The van der Waals surface area contributed by atoms with Gasteiger partial charge in [0.15, 0.2) is 12.0 Å². The average molecular weight is 512 g/mol. The monoisotopic (exact) mass is 511 g/mol. The topological polar surface area (TPSA) is 264 Å². The first kappa shape index (κ1) is 30.3. The third-order valence-corrected chi connectivity index (χ3v) is 5.21. The van der Waals surface area contributed by atoms with E-state index < -0.39 is 54.0 Å². The number of imidazole rings is 1. The molecule has 1 heterocycles. The number of aromatic amines is 1. The minimum absolute atomic E-state index is 0.0488. The third kappa shape index (κ3) is 10.3. The maximum Gasteiger partial charge on any atom is 0.328 e. The molecule has 0 saturated heterocycles. The van der Waals surface area contributed by atoms with Gasteiger partial charge in [-0.05, 0) is 25.7 Å². The molecule has 0 saturated carbocycles. The van der Waals surface area contributed by atoms with E-state index in [1.807, 2.05) is 0 Å². The second-order valence-electron chi connectivity index (χ2n) is 8.69. The Morgan fingerprint density at radius 1 is 1.06 bits per heavy atom. The summed E-state index contributed by atoms with van der Waals surface area (Å²) in [4.78, 5) is 60.4. The standard InChI is InChI=1S/C21H37N9O6/c1-10(2)15(29-17(32)13(22)5-4-6-26-21(23)24)19(34)28-14(7-12-8-25-9-27-12)18(33)30-16(11(3)31)20(35)36/h8-11,13-16,31H,4-7,22H2,1-3H3,(H,25,27)(H,28,34)(H,29,32)(H,30,33)(H,35,36)(H4,23,24,26). The van der Waals surface area contributed by atoms with Gasteiger partial charge in [0.25, 0.3) is 0 Å². The first-order valence-corrected chi connectivity index (χ1v) is 11.4. The highest BCUT2D eigenvalue weighted by Gasteiger charge is 2.33. The van der Waals surface area contributed by atoms with Gasteiger partial charge in [0.2, 0.25) is 17.7 Å². The fraction of sp³-hybridized carbons (Fsp3) is 0.619. The Bertz CT molecular complexity index is 900. The van der Waals surface area contributed by atoms with Gasteiger partial charge in [-0.2, -0.15) is 0 Å². The van der Waals surface area contributed by atoms with Crippen LogP contribution >= 0.6 is 0 Å². The van der Waals surface area contributed by atoms with E-state index in [2.05, 4.69) is 30.9 Å². The van der Waals surface area contributed by atoms with Crippen LogP contribution in [0.5, 0.6) is 0 Å². The summed E-state index contributed by atoms with van der Waals surface area (Å²) in [7, 11) is 0. The van der Waals surface area contributed by atoms with E-state index in [-0.39, 0.29) is 24.7 Å². The molecule has 0 fully saturated rings. The molecule has 12 N–H and O–H groups in total. The number of guanidine groups is 1. The predicted molar refractivity (Wildman–Crippen MR) is 130 cm³/mol. The summed E-state index contributed by atoms with van der Waals surface area (Å²) in [6.07, 6.45) is 2.12. The van der Waals surface area contributed by atoms with Crippen molar-refractivity contribution in [2.45, 2.75) is 70.3 Å². The van der Waals surface area contributed by atoms with Crippen LogP contribution in [0.3, 0.4) is 0 Å². The number of nitrogens with zero attached hydrogens (tertiary/aromatic N) is 2. The van der Waals surface area contributed by atoms with Crippen LogP contribution in [0, 0.1) is 5.92 Å². The van der Waals surface area contributed by atoms with E-state index in [0.717, 1.165) is 0 Å². The first-order chi connectivity index (χ1) is 16.8. The van der Waals surface area contributed by atoms with Crippen molar-refractivity contribution in [2.75, 3.05) is 6.54 Å². The number of aromatic nitrogens is 2. The SMILES string of the molecule is CC(C)C(NC(=O)C(N)CCCN=C(N)N)C(=O)NC(Cc1cnc[nH]1)C(=O)NC(C(=O)O)C(C)O. The molecule has 3 amide bonds. The maximum absolute atomic E-state index is 13.1. The molecule has 5 unspecified atom stereocenters. The molecule has 0 spiro atoms. The largest absolute Gasteiger partial charge is 0.480 e. The van der Waals surface area contributed by atoms with Gasteiger partial charge in [-0.15, -0.1) is 0 Å². The predicted octanol–water partition coefficient (Wildman–Crippen LogP) is -3.09. The molecular formula is C21H37N9O6. The summed E-state index contributed by atoms with van der Waals surface area (Å²) in [6, 6.07) is -4.77. The van der Waals surface area contributed by atoms with Crippen LogP contribution in [0.4, 0.5) is 0 Å². The number of nitrogens with one attached hydrogen (secondary N) is 4. The highest BCUT2D eigenvalue weighted by molar-refractivity contribution is 5.94. The van der Waals surface area contributed by atoms with E-state index in [1.165, 1.54) is 19.4 Å². The summed E-state index contributed by atoms with van der Waals surface area (Å²) in [5.74, 6) is -3.95. The minimum Gasteiger partial charge on any atom is -0.480 e. The number of rotatable bonds is 15. The Labute approximate surface area is 208 Å². The number of aliphatic hydroxyl groups excluding tert-OH is 1. The molecule has 0 aromatic carbocycles. The minimum atomic E-state index is -1.59. The molecule has 0 aliphatic carbocycles. The fourth-order valence-corrected chi connectivity index (χ4v) is 3.18. The van der Waals surface area contributed by atoms with Crippen molar-refractivity contribution in [1.82, 2.24) is 25.9 Å². The van der Waals surface area contributed by atoms with Crippen molar-refractivity contribution >= 4 is 29.7 Å². The van der Waals surface area contributed by atoms with Crippen LogP contribution in [-0.4, -0.2) is 86.6 Å². The van der Waals surface area contributed by atoms with Gasteiger partial charge < -0.3 is 48.3 Å². The highest BCUT2D eigenvalue weighted by Crippen LogP contribution is 2.07. The van der Waals surface area contributed by atoms with E-state index in [1.54, 1.807) is 13.8 Å². The Morgan fingerprint density at radius 2 is 1.69 bits per heavy atom. The lowest BCUT2D eigenvalue weighted by Gasteiger charge is -2.27. The zero-order valence-electron chi connectivity index (χ0n) is 20.6. The number of aliphatic hydroxyl groups is 1. The fourth-order valence-electron chi connectivity index (χ4n) is 3.18. The maximum atomic E-state index is 13.1. The number of carboxylic acids is 1. The number of H-pyrrole nitrogens is 1. The molecule has 1 aromatic heterocycles. The van der Waals surface area contributed by atoms with Crippen LogP contribution < -0.4 is 33.2 Å². The number of carbonyl (C=O) groups is 4. The lowest BCUT2D eigenvalue weighted by Crippen LogP contribution is -2.59. The van der Waals surface area contributed by atoms with Gasteiger partial charge in [-0.1, -0.05) is 13.8 Å². The molecule has 0 radical (unpaired) electrons. The molecule has 202 valence electrons. The molecule has 15 heteroatoms. The Kier molecular flexibility index (Phi) is 12.3. The van der Waals surface area contributed by atoms with Crippen LogP contribution in [0.25, 0.3) is 0 Å². The number of aliphatic imine (C=N–C) groups is 1.